The van der Waals surface area contributed by atoms with Gasteiger partial charge in [-0.2, -0.15) is 0 Å². The number of hydrogen-bond acceptors (Lipinski definition) is 5. The third-order valence-electron chi connectivity index (χ3n) is 5.11. The van der Waals surface area contributed by atoms with E-state index in [4.69, 9.17) is 4.74 Å². The maximum absolute atomic E-state index is 12.0. The molecule has 1 aliphatic heterocycles. The van der Waals surface area contributed by atoms with Gasteiger partial charge in [-0.05, 0) is 61.6 Å². The summed E-state index contributed by atoms with van der Waals surface area (Å²) in [6, 6.07) is 12.1. The fourth-order valence-electron chi connectivity index (χ4n) is 3.30. The van der Waals surface area contributed by atoms with Crippen LogP contribution in [0.25, 0.3) is 0 Å². The summed E-state index contributed by atoms with van der Waals surface area (Å²) in [7, 11) is 1.65. The summed E-state index contributed by atoms with van der Waals surface area (Å²) >= 11 is 0. The molecule has 0 bridgehead atoms. The number of ether oxygens (including phenoxy) is 1. The molecule has 1 fully saturated rings. The van der Waals surface area contributed by atoms with Gasteiger partial charge in [0.2, 0.25) is 0 Å². The van der Waals surface area contributed by atoms with Gasteiger partial charge >= 0.3 is 0 Å². The Balaban J connectivity index is 1.51. The normalized spacial score (nSPS) is 14.7. The van der Waals surface area contributed by atoms with Gasteiger partial charge in [0, 0.05) is 44.7 Å². The Morgan fingerprint density at radius 1 is 1.14 bits per heavy atom. The number of anilines is 3. The molecule has 0 radical (unpaired) electrons. The summed E-state index contributed by atoms with van der Waals surface area (Å²) in [6.07, 6.45) is 4.99. The largest absolute Gasteiger partial charge is 0.385 e. The van der Waals surface area contributed by atoms with Crippen LogP contribution in [0.4, 0.5) is 17.1 Å². The maximum Gasteiger partial charge on any atom is 0.269 e. The van der Waals surface area contributed by atoms with Gasteiger partial charge in [-0.15, -0.1) is 0 Å². The molecule has 3 rings (SSSR count). The molecule has 0 unspecified atom stereocenters. The van der Waals surface area contributed by atoms with Crippen molar-refractivity contribution in [3.63, 3.8) is 0 Å². The summed E-state index contributed by atoms with van der Waals surface area (Å²) in [5.74, 6) is 0.669. The van der Waals surface area contributed by atoms with Gasteiger partial charge < -0.3 is 20.3 Å². The van der Waals surface area contributed by atoms with Crippen LogP contribution in [0, 0.1) is 5.92 Å². The number of pyridine rings is 1. The first kappa shape index (κ1) is 20.1. The second-order valence-electron chi connectivity index (χ2n) is 7.38. The summed E-state index contributed by atoms with van der Waals surface area (Å²) in [5, 5.41) is 6.17. The van der Waals surface area contributed by atoms with Crippen LogP contribution in [0.2, 0.25) is 0 Å². The van der Waals surface area contributed by atoms with Gasteiger partial charge in [-0.25, -0.2) is 4.98 Å². The highest BCUT2D eigenvalue weighted by Crippen LogP contribution is 2.25. The standard InChI is InChI=1S/C22H30N4O2/c1-17-10-13-26(14-11-17)20-7-4-18(5-8-20)25-19-6-9-21(24-16-19)22(27)23-12-3-15-28-2/h4-9,16-17,25H,3,10-15H2,1-2H3,(H,23,27). The van der Waals surface area contributed by atoms with E-state index in [9.17, 15) is 4.79 Å². The van der Waals surface area contributed by atoms with E-state index in [1.807, 2.05) is 6.07 Å². The van der Waals surface area contributed by atoms with Gasteiger partial charge in [0.1, 0.15) is 5.69 Å². The topological polar surface area (TPSA) is 66.5 Å². The van der Waals surface area contributed by atoms with Crippen LogP contribution in [-0.4, -0.2) is 44.2 Å². The molecule has 2 heterocycles. The molecular weight excluding hydrogens is 352 g/mol. The predicted molar refractivity (Wildman–Crippen MR) is 113 cm³/mol. The molecule has 28 heavy (non-hydrogen) atoms. The second kappa shape index (κ2) is 10.1. The Kier molecular flexibility index (Phi) is 7.25. The Labute approximate surface area is 167 Å². The number of aromatic nitrogens is 1. The number of amides is 1. The molecule has 1 aliphatic rings. The average molecular weight is 383 g/mol. The average Bonchev–Trinajstić information content (AvgIpc) is 2.73. The van der Waals surface area contributed by atoms with Crippen LogP contribution in [0.15, 0.2) is 42.6 Å². The van der Waals surface area contributed by atoms with Gasteiger partial charge in [-0.1, -0.05) is 6.92 Å². The van der Waals surface area contributed by atoms with E-state index < -0.39 is 0 Å². The maximum atomic E-state index is 12.0. The number of rotatable bonds is 8. The first-order valence-corrected chi connectivity index (χ1v) is 10.0. The lowest BCUT2D eigenvalue weighted by molar-refractivity contribution is 0.0943. The third kappa shape index (κ3) is 5.70. The zero-order valence-electron chi connectivity index (χ0n) is 16.8. The van der Waals surface area contributed by atoms with E-state index in [0.717, 1.165) is 36.8 Å². The highest BCUT2D eigenvalue weighted by atomic mass is 16.5. The van der Waals surface area contributed by atoms with Crippen LogP contribution in [-0.2, 0) is 4.74 Å². The molecule has 0 aliphatic carbocycles. The van der Waals surface area contributed by atoms with Crippen LogP contribution in [0.1, 0.15) is 36.7 Å². The Bertz CT molecular complexity index is 738. The van der Waals surface area contributed by atoms with Crippen molar-refractivity contribution >= 4 is 23.0 Å². The molecule has 150 valence electrons. The fourth-order valence-corrected chi connectivity index (χ4v) is 3.30. The monoisotopic (exact) mass is 382 g/mol. The third-order valence-corrected chi connectivity index (χ3v) is 5.11. The highest BCUT2D eigenvalue weighted by molar-refractivity contribution is 5.92. The number of nitrogens with one attached hydrogen (secondary N) is 2. The van der Waals surface area contributed by atoms with Crippen LogP contribution in [0.5, 0.6) is 0 Å². The fraction of sp³-hybridized carbons (Fsp3) is 0.455. The molecular formula is C22H30N4O2. The molecule has 0 atom stereocenters. The highest BCUT2D eigenvalue weighted by Gasteiger charge is 2.15. The molecule has 6 nitrogen and oxygen atoms in total. The van der Waals surface area contributed by atoms with E-state index in [1.165, 1.54) is 18.5 Å². The molecule has 1 saturated heterocycles. The van der Waals surface area contributed by atoms with E-state index in [1.54, 1.807) is 19.4 Å². The summed E-state index contributed by atoms with van der Waals surface area (Å²) in [6.45, 7) is 5.80. The lowest BCUT2D eigenvalue weighted by Gasteiger charge is -2.32. The molecule has 0 spiro atoms. The minimum atomic E-state index is -0.164. The minimum absolute atomic E-state index is 0.164. The van der Waals surface area contributed by atoms with E-state index in [2.05, 4.69) is 51.7 Å². The lowest BCUT2D eigenvalue weighted by atomic mass is 9.99. The molecule has 6 heteroatoms. The summed E-state index contributed by atoms with van der Waals surface area (Å²) < 4.78 is 4.97. The Morgan fingerprint density at radius 2 is 1.86 bits per heavy atom. The summed E-state index contributed by atoms with van der Waals surface area (Å²) in [5.41, 5.74) is 3.55. The van der Waals surface area contributed by atoms with Gasteiger partial charge in [0.15, 0.2) is 0 Å². The smallest absolute Gasteiger partial charge is 0.269 e. The number of nitrogens with zero attached hydrogens (tertiary/aromatic N) is 2. The van der Waals surface area contributed by atoms with Crippen molar-refractivity contribution in [1.29, 1.82) is 0 Å². The quantitative estimate of drug-likeness (QED) is 0.679. The van der Waals surface area contributed by atoms with Crippen molar-refractivity contribution in [3.8, 4) is 0 Å². The van der Waals surface area contributed by atoms with E-state index >= 15 is 0 Å². The van der Waals surface area contributed by atoms with Crippen LogP contribution >= 0.6 is 0 Å². The van der Waals surface area contributed by atoms with E-state index in [0.29, 0.717) is 18.8 Å². The minimum Gasteiger partial charge on any atom is -0.385 e. The molecule has 0 saturated carbocycles. The van der Waals surface area contributed by atoms with Crippen molar-refractivity contribution in [2.45, 2.75) is 26.2 Å². The van der Waals surface area contributed by atoms with Crippen molar-refractivity contribution in [2.75, 3.05) is 43.6 Å². The van der Waals surface area contributed by atoms with Crippen LogP contribution in [0.3, 0.4) is 0 Å². The molecule has 1 aromatic heterocycles. The molecule has 1 amide bonds. The Hall–Kier alpha value is -2.60. The number of carbonyl (C=O) groups is 1. The van der Waals surface area contributed by atoms with Gasteiger partial charge in [0.25, 0.3) is 5.91 Å². The molecule has 2 aromatic rings. The first-order chi connectivity index (χ1) is 13.7. The Morgan fingerprint density at radius 3 is 2.50 bits per heavy atom. The summed E-state index contributed by atoms with van der Waals surface area (Å²) in [4.78, 5) is 18.8. The number of hydrogen-bond donors (Lipinski definition) is 2. The van der Waals surface area contributed by atoms with Crippen molar-refractivity contribution < 1.29 is 9.53 Å². The molecule has 2 N–H and O–H groups in total. The number of benzene rings is 1. The number of carbonyl (C=O) groups excluding carboxylic acids is 1. The van der Waals surface area contributed by atoms with E-state index in [-0.39, 0.29) is 5.91 Å². The predicted octanol–water partition coefficient (Wildman–Crippen LogP) is 3.83. The number of methoxy groups -OCH3 is 1. The molecule has 1 aromatic carbocycles. The van der Waals surface area contributed by atoms with Gasteiger partial charge in [-0.3, -0.25) is 4.79 Å². The van der Waals surface area contributed by atoms with Gasteiger partial charge in [0.05, 0.1) is 11.9 Å². The SMILES string of the molecule is COCCCNC(=O)c1ccc(Nc2ccc(N3CCC(C)CC3)cc2)cn1. The zero-order chi connectivity index (χ0) is 19.8. The van der Waals surface area contributed by atoms with Crippen LogP contribution < -0.4 is 15.5 Å². The van der Waals surface area contributed by atoms with Crippen molar-refractivity contribution in [2.24, 2.45) is 5.92 Å². The second-order valence-corrected chi connectivity index (χ2v) is 7.38. The van der Waals surface area contributed by atoms with Crippen molar-refractivity contribution in [3.05, 3.63) is 48.3 Å². The lowest BCUT2D eigenvalue weighted by Crippen LogP contribution is -2.32. The first-order valence-electron chi connectivity index (χ1n) is 10.0. The van der Waals surface area contributed by atoms with Crippen molar-refractivity contribution in [1.82, 2.24) is 10.3 Å². The number of piperidine rings is 1. The zero-order valence-corrected chi connectivity index (χ0v) is 16.8.